The Kier molecular flexibility index (Phi) is 3.10. The largest absolute Gasteiger partial charge is 0.354 e. The van der Waals surface area contributed by atoms with E-state index in [-0.39, 0.29) is 0 Å². The number of hydrogen-bond donors (Lipinski definition) is 1. The van der Waals surface area contributed by atoms with Crippen LogP contribution in [0.4, 0.5) is 5.82 Å². The smallest absolute Gasteiger partial charge is 0.215 e. The maximum absolute atomic E-state index is 11.3. The van der Waals surface area contributed by atoms with E-state index in [1.807, 2.05) is 53.6 Å². The molecule has 4 rings (SSSR count). The first-order chi connectivity index (χ1) is 11.0. The fraction of sp³-hybridized carbons (Fsp3) is 0.200. The Hall–Kier alpha value is -2.45. The summed E-state index contributed by atoms with van der Waals surface area (Å²) in [5, 5.41) is 10.1. The van der Waals surface area contributed by atoms with E-state index < -0.39 is 15.3 Å². The van der Waals surface area contributed by atoms with E-state index >= 15 is 0 Å². The first-order valence-corrected chi connectivity index (χ1v) is 8.80. The van der Waals surface area contributed by atoms with Crippen molar-refractivity contribution < 1.29 is 8.42 Å². The van der Waals surface area contributed by atoms with Gasteiger partial charge in [0.1, 0.15) is 11.1 Å². The standard InChI is InChI=1S/C15H15N5O2S/c16-23(21,22)13-9-19(10-13)14-7-6-11-8-20(18-15(11)17-14)12-4-2-1-3-5-12/h1-8,13H,9-10H2,(H2,16,21,22). The molecule has 3 aromatic rings. The van der Waals surface area contributed by atoms with E-state index in [9.17, 15) is 8.42 Å². The summed E-state index contributed by atoms with van der Waals surface area (Å²) in [4.78, 5) is 6.40. The number of hydrogen-bond acceptors (Lipinski definition) is 5. The monoisotopic (exact) mass is 329 g/mol. The Bertz CT molecular complexity index is 962. The summed E-state index contributed by atoms with van der Waals surface area (Å²) in [5.74, 6) is 0.718. The SMILES string of the molecule is NS(=O)(=O)C1CN(c2ccc3cn(-c4ccccc4)nc3n2)C1. The third kappa shape index (κ3) is 2.55. The summed E-state index contributed by atoms with van der Waals surface area (Å²) in [6, 6.07) is 13.6. The van der Waals surface area contributed by atoms with Crippen molar-refractivity contribution in [3.8, 4) is 5.69 Å². The quantitative estimate of drug-likeness (QED) is 0.770. The number of nitrogens with zero attached hydrogens (tertiary/aromatic N) is 4. The predicted octanol–water partition coefficient (Wildman–Crippen LogP) is 0.898. The number of aromatic nitrogens is 3. The molecule has 0 atom stereocenters. The molecule has 1 fully saturated rings. The van der Waals surface area contributed by atoms with Crippen LogP contribution in [-0.2, 0) is 10.0 Å². The highest BCUT2D eigenvalue weighted by Crippen LogP contribution is 2.24. The van der Waals surface area contributed by atoms with Crippen molar-refractivity contribution in [2.24, 2.45) is 5.14 Å². The molecule has 2 N–H and O–H groups in total. The minimum absolute atomic E-state index is 0.372. The van der Waals surface area contributed by atoms with Gasteiger partial charge >= 0.3 is 0 Å². The molecule has 0 amide bonds. The van der Waals surface area contributed by atoms with E-state index in [2.05, 4.69) is 10.1 Å². The molecule has 23 heavy (non-hydrogen) atoms. The second kappa shape index (κ2) is 5.04. The molecule has 0 saturated carbocycles. The van der Waals surface area contributed by atoms with Crippen LogP contribution in [0.1, 0.15) is 0 Å². The summed E-state index contributed by atoms with van der Waals surface area (Å²) in [6.45, 7) is 0.744. The van der Waals surface area contributed by atoms with Gasteiger partial charge in [0.15, 0.2) is 5.65 Å². The molecular formula is C15H15N5O2S. The van der Waals surface area contributed by atoms with Crippen molar-refractivity contribution in [2.75, 3.05) is 18.0 Å². The van der Waals surface area contributed by atoms with Gasteiger partial charge in [-0.05, 0) is 24.3 Å². The molecule has 0 unspecified atom stereocenters. The minimum Gasteiger partial charge on any atom is -0.354 e. The lowest BCUT2D eigenvalue weighted by Gasteiger charge is -2.38. The van der Waals surface area contributed by atoms with Crippen LogP contribution in [0.3, 0.4) is 0 Å². The lowest BCUT2D eigenvalue weighted by atomic mass is 10.2. The van der Waals surface area contributed by atoms with Gasteiger partial charge in [0.05, 0.1) is 5.69 Å². The minimum atomic E-state index is -3.47. The van der Waals surface area contributed by atoms with Crippen LogP contribution < -0.4 is 10.0 Å². The van der Waals surface area contributed by atoms with Crippen molar-refractivity contribution in [3.63, 3.8) is 0 Å². The average molecular weight is 329 g/mol. The third-order valence-corrected chi connectivity index (χ3v) is 5.24. The Balaban J connectivity index is 1.62. The van der Waals surface area contributed by atoms with Crippen LogP contribution in [-0.4, -0.2) is 41.5 Å². The fourth-order valence-electron chi connectivity index (χ4n) is 2.61. The molecule has 118 valence electrons. The number of anilines is 1. The van der Waals surface area contributed by atoms with E-state index in [0.29, 0.717) is 18.7 Å². The van der Waals surface area contributed by atoms with E-state index in [4.69, 9.17) is 5.14 Å². The number of fused-ring (bicyclic) bond motifs is 1. The summed E-state index contributed by atoms with van der Waals surface area (Å²) in [7, 11) is -3.47. The number of benzene rings is 1. The molecule has 3 heterocycles. The molecule has 2 aromatic heterocycles. The van der Waals surface area contributed by atoms with E-state index in [0.717, 1.165) is 16.9 Å². The number of nitrogens with two attached hydrogens (primary N) is 1. The molecule has 1 saturated heterocycles. The van der Waals surface area contributed by atoms with E-state index in [1.54, 1.807) is 4.68 Å². The van der Waals surface area contributed by atoms with Crippen molar-refractivity contribution in [1.82, 2.24) is 14.8 Å². The second-order valence-corrected chi connectivity index (χ2v) is 7.45. The van der Waals surface area contributed by atoms with Crippen molar-refractivity contribution in [2.45, 2.75) is 5.25 Å². The highest BCUT2D eigenvalue weighted by molar-refractivity contribution is 7.89. The van der Waals surface area contributed by atoms with Crippen molar-refractivity contribution >= 4 is 26.9 Å². The molecule has 1 aromatic carbocycles. The van der Waals surface area contributed by atoms with Crippen molar-refractivity contribution in [3.05, 3.63) is 48.7 Å². The molecule has 7 nitrogen and oxygen atoms in total. The Labute approximate surface area is 133 Å². The molecule has 8 heteroatoms. The average Bonchev–Trinajstić information content (AvgIpc) is 2.88. The zero-order chi connectivity index (χ0) is 16.0. The second-order valence-electron chi connectivity index (χ2n) is 5.61. The van der Waals surface area contributed by atoms with Gasteiger partial charge in [0.25, 0.3) is 0 Å². The van der Waals surface area contributed by atoms with Gasteiger partial charge in [0.2, 0.25) is 10.0 Å². The van der Waals surface area contributed by atoms with Crippen LogP contribution in [0, 0.1) is 0 Å². The molecule has 0 spiro atoms. The summed E-state index contributed by atoms with van der Waals surface area (Å²) < 4.78 is 24.3. The summed E-state index contributed by atoms with van der Waals surface area (Å²) in [6.07, 6.45) is 1.92. The van der Waals surface area contributed by atoms with Gasteiger partial charge in [-0.3, -0.25) is 0 Å². The number of sulfonamides is 1. The highest BCUT2D eigenvalue weighted by atomic mass is 32.2. The first kappa shape index (κ1) is 14.2. The highest BCUT2D eigenvalue weighted by Gasteiger charge is 2.35. The van der Waals surface area contributed by atoms with Crippen molar-refractivity contribution in [1.29, 1.82) is 0 Å². The zero-order valence-electron chi connectivity index (χ0n) is 12.2. The number of primary sulfonamides is 1. The van der Waals surface area contributed by atoms with Gasteiger partial charge in [-0.1, -0.05) is 18.2 Å². The molecule has 1 aliphatic heterocycles. The molecule has 0 aliphatic carbocycles. The maximum atomic E-state index is 11.3. The lowest BCUT2D eigenvalue weighted by molar-refractivity contribution is 0.540. The number of para-hydroxylation sites is 1. The first-order valence-electron chi connectivity index (χ1n) is 7.19. The zero-order valence-corrected chi connectivity index (χ0v) is 13.0. The van der Waals surface area contributed by atoms with Crippen LogP contribution >= 0.6 is 0 Å². The normalized spacial score (nSPS) is 15.8. The lowest BCUT2D eigenvalue weighted by Crippen LogP contribution is -2.57. The van der Waals surface area contributed by atoms with Crippen LogP contribution in [0.15, 0.2) is 48.7 Å². The number of rotatable bonds is 3. The van der Waals surface area contributed by atoms with Crippen LogP contribution in [0.2, 0.25) is 0 Å². The molecular weight excluding hydrogens is 314 g/mol. The van der Waals surface area contributed by atoms with Gasteiger partial charge in [-0.25, -0.2) is 23.2 Å². The summed E-state index contributed by atoms with van der Waals surface area (Å²) >= 11 is 0. The van der Waals surface area contributed by atoms with Gasteiger partial charge in [0, 0.05) is 24.7 Å². The predicted molar refractivity (Wildman–Crippen MR) is 88.0 cm³/mol. The Morgan fingerprint density at radius 2 is 1.83 bits per heavy atom. The Morgan fingerprint density at radius 3 is 2.52 bits per heavy atom. The van der Waals surface area contributed by atoms with Crippen LogP contribution in [0.25, 0.3) is 16.7 Å². The van der Waals surface area contributed by atoms with Gasteiger partial charge < -0.3 is 4.90 Å². The van der Waals surface area contributed by atoms with E-state index in [1.165, 1.54) is 0 Å². The Morgan fingerprint density at radius 1 is 1.09 bits per heavy atom. The van der Waals surface area contributed by atoms with Crippen LogP contribution in [0.5, 0.6) is 0 Å². The molecule has 0 bridgehead atoms. The van der Waals surface area contributed by atoms with Gasteiger partial charge in [-0.2, -0.15) is 0 Å². The fourth-order valence-corrected chi connectivity index (χ4v) is 3.39. The summed E-state index contributed by atoms with van der Waals surface area (Å²) in [5.41, 5.74) is 1.59. The number of pyridine rings is 1. The molecule has 0 radical (unpaired) electrons. The van der Waals surface area contributed by atoms with Gasteiger partial charge in [-0.15, -0.1) is 5.10 Å². The topological polar surface area (TPSA) is 94.1 Å². The molecule has 1 aliphatic rings. The maximum Gasteiger partial charge on any atom is 0.215 e. The third-order valence-electron chi connectivity index (χ3n) is 4.01.